The predicted molar refractivity (Wildman–Crippen MR) is 123 cm³/mol. The third kappa shape index (κ3) is 5.64. The highest BCUT2D eigenvalue weighted by molar-refractivity contribution is 14.0. The van der Waals surface area contributed by atoms with Crippen LogP contribution in [0, 0.1) is 0 Å². The molecule has 1 saturated carbocycles. The molecule has 28 heavy (non-hydrogen) atoms. The van der Waals surface area contributed by atoms with Gasteiger partial charge in [-0.3, -0.25) is 9.79 Å². The molecule has 3 rings (SSSR count). The lowest BCUT2D eigenvalue weighted by molar-refractivity contribution is -0.140. The highest BCUT2D eigenvalue weighted by Gasteiger charge is 2.44. The van der Waals surface area contributed by atoms with E-state index in [1.165, 1.54) is 19.3 Å². The molecule has 1 aromatic rings. The molecule has 158 valence electrons. The Morgan fingerprint density at radius 2 is 2.04 bits per heavy atom. The normalized spacial score (nSPS) is 19.6. The first kappa shape index (κ1) is 23.0. The van der Waals surface area contributed by atoms with Crippen molar-refractivity contribution < 1.29 is 9.21 Å². The number of carbonyl (C=O) groups is 1. The molecule has 2 aliphatic rings. The van der Waals surface area contributed by atoms with Crippen LogP contribution < -0.4 is 5.32 Å². The molecule has 2 heterocycles. The molecule has 0 aromatic carbocycles. The number of halogens is 1. The summed E-state index contributed by atoms with van der Waals surface area (Å²) in [6, 6.07) is 4.23. The molecule has 1 aromatic heterocycles. The molecule has 6 nitrogen and oxygen atoms in total. The van der Waals surface area contributed by atoms with Gasteiger partial charge >= 0.3 is 0 Å². The SMILES string of the molecule is CC(=O)N1CCN(C(=NCCc2ccco2)NC(C)C)CC12CCCCC2.I. The lowest BCUT2D eigenvalue weighted by Crippen LogP contribution is -2.66. The Hall–Kier alpha value is -1.25. The summed E-state index contributed by atoms with van der Waals surface area (Å²) in [5, 5.41) is 3.54. The first-order chi connectivity index (χ1) is 13.0. The van der Waals surface area contributed by atoms with E-state index in [2.05, 4.69) is 29.0 Å². The van der Waals surface area contributed by atoms with Crippen LogP contribution >= 0.6 is 24.0 Å². The summed E-state index contributed by atoms with van der Waals surface area (Å²) in [6.45, 7) is 9.20. The summed E-state index contributed by atoms with van der Waals surface area (Å²) in [7, 11) is 0. The van der Waals surface area contributed by atoms with E-state index in [4.69, 9.17) is 9.41 Å². The van der Waals surface area contributed by atoms with E-state index < -0.39 is 0 Å². The molecule has 1 saturated heterocycles. The van der Waals surface area contributed by atoms with Crippen molar-refractivity contribution in [3.8, 4) is 0 Å². The zero-order valence-electron chi connectivity index (χ0n) is 17.4. The number of nitrogens with zero attached hydrogens (tertiary/aromatic N) is 3. The van der Waals surface area contributed by atoms with Crippen molar-refractivity contribution in [2.75, 3.05) is 26.2 Å². The predicted octanol–water partition coefficient (Wildman–Crippen LogP) is 3.66. The quantitative estimate of drug-likeness (QED) is 0.388. The second-order valence-corrected chi connectivity index (χ2v) is 8.21. The number of hydrogen-bond acceptors (Lipinski definition) is 3. The molecule has 7 heteroatoms. The lowest BCUT2D eigenvalue weighted by Gasteiger charge is -2.53. The number of guanidine groups is 1. The van der Waals surface area contributed by atoms with Crippen LogP contribution in [0.3, 0.4) is 0 Å². The van der Waals surface area contributed by atoms with Crippen LogP contribution in [-0.2, 0) is 11.2 Å². The first-order valence-electron chi connectivity index (χ1n) is 10.4. The standard InChI is InChI=1S/C21H34N4O2.HI/c1-17(2)23-20(22-12-9-19-8-7-15-27-19)24-13-14-25(18(3)26)21(16-24)10-5-4-6-11-21;/h7-8,15,17H,4-6,9-14,16H2,1-3H3,(H,22,23);1H. The van der Waals surface area contributed by atoms with E-state index in [1.54, 1.807) is 13.2 Å². The van der Waals surface area contributed by atoms with Crippen molar-refractivity contribution in [2.45, 2.75) is 70.9 Å². The number of carbonyl (C=O) groups excluding carboxylic acids is 1. The number of furan rings is 1. The van der Waals surface area contributed by atoms with Crippen LogP contribution in [0.25, 0.3) is 0 Å². The van der Waals surface area contributed by atoms with Crippen LogP contribution in [-0.4, -0.2) is 59.4 Å². The number of hydrogen-bond donors (Lipinski definition) is 1. The Balaban J connectivity index is 0.00000280. The number of piperazine rings is 1. The summed E-state index contributed by atoms with van der Waals surface area (Å²) in [4.78, 5) is 21.7. The van der Waals surface area contributed by atoms with Crippen LogP contribution in [0.5, 0.6) is 0 Å². The van der Waals surface area contributed by atoms with Gasteiger partial charge in [-0.25, -0.2) is 0 Å². The fourth-order valence-electron chi connectivity index (χ4n) is 4.51. The van der Waals surface area contributed by atoms with Crippen LogP contribution in [0.15, 0.2) is 27.8 Å². The zero-order chi connectivity index (χ0) is 19.3. The Morgan fingerprint density at radius 1 is 1.29 bits per heavy atom. The Kier molecular flexibility index (Phi) is 8.64. The van der Waals surface area contributed by atoms with Gasteiger partial charge < -0.3 is 19.5 Å². The molecule has 0 radical (unpaired) electrons. The number of nitrogens with one attached hydrogen (secondary N) is 1. The largest absolute Gasteiger partial charge is 0.469 e. The zero-order valence-corrected chi connectivity index (χ0v) is 19.8. The van der Waals surface area contributed by atoms with Gasteiger partial charge in [0.25, 0.3) is 0 Å². The number of amides is 1. The molecule has 1 aliphatic carbocycles. The van der Waals surface area contributed by atoms with Crippen molar-refractivity contribution in [2.24, 2.45) is 4.99 Å². The van der Waals surface area contributed by atoms with Gasteiger partial charge in [-0.1, -0.05) is 19.3 Å². The Bertz CT molecular complexity index is 639. The third-order valence-corrected chi connectivity index (χ3v) is 5.73. The summed E-state index contributed by atoms with van der Waals surface area (Å²) in [6.07, 6.45) is 8.41. The summed E-state index contributed by atoms with van der Waals surface area (Å²) >= 11 is 0. The van der Waals surface area contributed by atoms with E-state index in [0.717, 1.165) is 50.6 Å². The Labute approximate surface area is 186 Å². The summed E-state index contributed by atoms with van der Waals surface area (Å²) in [5.41, 5.74) is -0.0250. The van der Waals surface area contributed by atoms with Gasteiger partial charge in [0.2, 0.25) is 5.91 Å². The molecule has 0 unspecified atom stereocenters. The van der Waals surface area contributed by atoms with Gasteiger partial charge in [0.15, 0.2) is 5.96 Å². The van der Waals surface area contributed by atoms with Gasteiger partial charge in [0, 0.05) is 45.6 Å². The van der Waals surface area contributed by atoms with Gasteiger partial charge in [-0.15, -0.1) is 24.0 Å². The minimum Gasteiger partial charge on any atom is -0.469 e. The van der Waals surface area contributed by atoms with Crippen molar-refractivity contribution in [3.63, 3.8) is 0 Å². The first-order valence-corrected chi connectivity index (χ1v) is 10.4. The maximum absolute atomic E-state index is 12.3. The molecule has 1 spiro atoms. The summed E-state index contributed by atoms with van der Waals surface area (Å²) in [5.74, 6) is 2.14. The molecule has 0 bridgehead atoms. The molecule has 2 fully saturated rings. The molecule has 1 N–H and O–H groups in total. The average Bonchev–Trinajstić information content (AvgIpc) is 3.14. The molecule has 1 aliphatic heterocycles. The van der Waals surface area contributed by atoms with Crippen LogP contribution in [0.2, 0.25) is 0 Å². The Morgan fingerprint density at radius 3 is 2.64 bits per heavy atom. The van der Waals surface area contributed by atoms with Gasteiger partial charge in [0.05, 0.1) is 11.8 Å². The van der Waals surface area contributed by atoms with Crippen molar-refractivity contribution in [1.82, 2.24) is 15.1 Å². The van der Waals surface area contributed by atoms with E-state index in [1.807, 2.05) is 12.1 Å². The fourth-order valence-corrected chi connectivity index (χ4v) is 4.51. The molecular formula is C21H35IN4O2. The van der Waals surface area contributed by atoms with E-state index in [-0.39, 0.29) is 35.4 Å². The second kappa shape index (κ2) is 10.5. The average molecular weight is 502 g/mol. The third-order valence-electron chi connectivity index (χ3n) is 5.73. The maximum atomic E-state index is 12.3. The molecule has 1 amide bonds. The van der Waals surface area contributed by atoms with Gasteiger partial charge in [-0.05, 0) is 38.8 Å². The van der Waals surface area contributed by atoms with E-state index >= 15 is 0 Å². The number of rotatable bonds is 4. The smallest absolute Gasteiger partial charge is 0.220 e. The van der Waals surface area contributed by atoms with Crippen LogP contribution in [0.1, 0.15) is 58.6 Å². The minimum absolute atomic E-state index is 0. The highest BCUT2D eigenvalue weighted by atomic mass is 127. The monoisotopic (exact) mass is 502 g/mol. The van der Waals surface area contributed by atoms with Crippen molar-refractivity contribution in [3.05, 3.63) is 24.2 Å². The van der Waals surface area contributed by atoms with Gasteiger partial charge in [0.1, 0.15) is 5.76 Å². The van der Waals surface area contributed by atoms with Crippen molar-refractivity contribution >= 4 is 35.8 Å². The second-order valence-electron chi connectivity index (χ2n) is 8.21. The van der Waals surface area contributed by atoms with Crippen LogP contribution in [0.4, 0.5) is 0 Å². The summed E-state index contributed by atoms with van der Waals surface area (Å²) < 4.78 is 5.42. The number of aliphatic imine (C=N–C) groups is 1. The highest BCUT2D eigenvalue weighted by Crippen LogP contribution is 2.36. The fraction of sp³-hybridized carbons (Fsp3) is 0.714. The van der Waals surface area contributed by atoms with Gasteiger partial charge in [-0.2, -0.15) is 0 Å². The molecular weight excluding hydrogens is 467 g/mol. The van der Waals surface area contributed by atoms with Crippen molar-refractivity contribution in [1.29, 1.82) is 0 Å². The lowest BCUT2D eigenvalue weighted by atomic mass is 9.78. The minimum atomic E-state index is -0.0250. The molecule has 0 atom stereocenters. The topological polar surface area (TPSA) is 61.1 Å². The van der Waals surface area contributed by atoms with E-state index in [9.17, 15) is 4.79 Å². The van der Waals surface area contributed by atoms with E-state index in [0.29, 0.717) is 12.6 Å². The maximum Gasteiger partial charge on any atom is 0.220 e.